The Bertz CT molecular complexity index is 902. The van der Waals surface area contributed by atoms with Gasteiger partial charge in [0, 0.05) is 12.7 Å². The van der Waals surface area contributed by atoms with Crippen LogP contribution in [0.25, 0.3) is 0 Å². The van der Waals surface area contributed by atoms with Gasteiger partial charge in [-0.1, -0.05) is 0 Å². The summed E-state index contributed by atoms with van der Waals surface area (Å²) in [4.78, 5) is 3.93. The second-order valence-electron chi connectivity index (χ2n) is 6.43. The average Bonchev–Trinajstić information content (AvgIpc) is 3.13. The van der Waals surface area contributed by atoms with Gasteiger partial charge in [-0.3, -0.25) is 0 Å². The molecule has 1 saturated heterocycles. The fourth-order valence-corrected chi connectivity index (χ4v) is 6.80. The van der Waals surface area contributed by atoms with Gasteiger partial charge in [-0.15, -0.1) is 11.3 Å². The molecule has 26 heavy (non-hydrogen) atoms. The summed E-state index contributed by atoms with van der Waals surface area (Å²) in [6, 6.07) is 4.14. The van der Waals surface area contributed by atoms with Gasteiger partial charge in [0.1, 0.15) is 10.3 Å². The lowest BCUT2D eigenvalue weighted by atomic mass is 10.2. The molecular formula is C17H19FN2O4S2. The number of thiophene rings is 1. The van der Waals surface area contributed by atoms with Crippen LogP contribution in [0.5, 0.6) is 5.88 Å². The van der Waals surface area contributed by atoms with Gasteiger partial charge >= 0.3 is 0 Å². The lowest BCUT2D eigenvalue weighted by Crippen LogP contribution is -2.47. The highest BCUT2D eigenvalue weighted by molar-refractivity contribution is 7.91. The van der Waals surface area contributed by atoms with E-state index in [1.807, 2.05) is 0 Å². The van der Waals surface area contributed by atoms with Gasteiger partial charge in [0.15, 0.2) is 5.82 Å². The van der Waals surface area contributed by atoms with Gasteiger partial charge in [0.05, 0.1) is 18.8 Å². The maximum Gasteiger partial charge on any atom is 0.253 e. The number of rotatable bonds is 4. The van der Waals surface area contributed by atoms with E-state index in [1.54, 1.807) is 18.4 Å². The number of hydrogen-bond acceptors (Lipinski definition) is 6. The zero-order chi connectivity index (χ0) is 18.3. The van der Waals surface area contributed by atoms with Crippen molar-refractivity contribution in [2.24, 2.45) is 0 Å². The SMILES string of the molecule is Cc1ccsc1S(=O)(=O)N1CCOC2CCC1C2Oc1ncccc1F. The topological polar surface area (TPSA) is 68.7 Å². The lowest BCUT2D eigenvalue weighted by Gasteiger charge is -2.30. The van der Waals surface area contributed by atoms with Crippen molar-refractivity contribution in [3.63, 3.8) is 0 Å². The molecule has 2 aliphatic rings. The Morgan fingerprint density at radius 1 is 1.38 bits per heavy atom. The summed E-state index contributed by atoms with van der Waals surface area (Å²) in [7, 11) is -3.66. The predicted octanol–water partition coefficient (Wildman–Crippen LogP) is 2.59. The second kappa shape index (κ2) is 6.88. The summed E-state index contributed by atoms with van der Waals surface area (Å²) in [5, 5.41) is 1.77. The third-order valence-corrected chi connectivity index (χ3v) is 8.43. The van der Waals surface area contributed by atoms with Crippen LogP contribution in [0.1, 0.15) is 18.4 Å². The molecule has 3 atom stereocenters. The molecule has 1 aliphatic carbocycles. The first-order valence-electron chi connectivity index (χ1n) is 8.43. The Hall–Kier alpha value is -1.55. The average molecular weight is 398 g/mol. The van der Waals surface area contributed by atoms with Crippen LogP contribution in [-0.4, -0.2) is 49.1 Å². The van der Waals surface area contributed by atoms with Gasteiger partial charge in [-0.2, -0.15) is 4.31 Å². The number of fused-ring (bicyclic) bond motifs is 2. The zero-order valence-corrected chi connectivity index (χ0v) is 15.8. The second-order valence-corrected chi connectivity index (χ2v) is 9.44. The first-order valence-corrected chi connectivity index (χ1v) is 10.7. The van der Waals surface area contributed by atoms with Crippen molar-refractivity contribution >= 4 is 21.4 Å². The van der Waals surface area contributed by atoms with Crippen molar-refractivity contribution in [3.05, 3.63) is 41.2 Å². The lowest BCUT2D eigenvalue weighted by molar-refractivity contribution is 0.000678. The molecule has 9 heteroatoms. The summed E-state index contributed by atoms with van der Waals surface area (Å²) in [6.07, 6.45) is 1.86. The molecule has 3 unspecified atom stereocenters. The first-order chi connectivity index (χ1) is 12.5. The Labute approximate surface area is 155 Å². The third kappa shape index (κ3) is 3.02. The molecule has 4 rings (SSSR count). The summed E-state index contributed by atoms with van der Waals surface area (Å²) in [6.45, 7) is 2.33. The number of pyridine rings is 1. The van der Waals surface area contributed by atoms with Gasteiger partial charge in [-0.25, -0.2) is 17.8 Å². The summed E-state index contributed by atoms with van der Waals surface area (Å²) >= 11 is 1.21. The number of ether oxygens (including phenoxy) is 2. The van der Waals surface area contributed by atoms with Crippen molar-refractivity contribution in [2.75, 3.05) is 13.2 Å². The van der Waals surface area contributed by atoms with Crippen LogP contribution in [0.4, 0.5) is 4.39 Å². The van der Waals surface area contributed by atoms with Crippen molar-refractivity contribution < 1.29 is 22.3 Å². The molecular weight excluding hydrogens is 379 g/mol. The molecule has 2 aromatic heterocycles. The van der Waals surface area contributed by atoms with Crippen LogP contribution >= 0.6 is 11.3 Å². The molecule has 0 amide bonds. The van der Waals surface area contributed by atoms with Crippen molar-refractivity contribution in [1.29, 1.82) is 0 Å². The Morgan fingerprint density at radius 2 is 2.23 bits per heavy atom. The maximum absolute atomic E-state index is 14.0. The van der Waals surface area contributed by atoms with Crippen LogP contribution < -0.4 is 4.74 Å². The van der Waals surface area contributed by atoms with E-state index in [4.69, 9.17) is 9.47 Å². The normalized spacial score (nSPS) is 26.6. The standard InChI is InChI=1S/C17H19FN2O4S2/c1-11-6-10-25-17(11)26(21,22)20-8-9-23-14-5-4-13(20)15(14)24-16-12(18)3-2-7-19-16/h2-3,6-7,10,13-15H,4-5,8-9H2,1H3. The first kappa shape index (κ1) is 17.8. The number of hydrogen-bond donors (Lipinski definition) is 0. The molecule has 2 aromatic rings. The quantitative estimate of drug-likeness (QED) is 0.792. The van der Waals surface area contributed by atoms with Crippen LogP contribution in [-0.2, 0) is 14.8 Å². The van der Waals surface area contributed by atoms with E-state index >= 15 is 0 Å². The highest BCUT2D eigenvalue weighted by atomic mass is 32.2. The number of aromatic nitrogens is 1. The van der Waals surface area contributed by atoms with Crippen LogP contribution in [0, 0.1) is 12.7 Å². The largest absolute Gasteiger partial charge is 0.468 e. The molecule has 0 spiro atoms. The number of halogens is 1. The van der Waals surface area contributed by atoms with Gasteiger partial charge in [-0.05, 0) is 48.9 Å². The molecule has 140 valence electrons. The molecule has 2 fully saturated rings. The Morgan fingerprint density at radius 3 is 2.96 bits per heavy atom. The van der Waals surface area contributed by atoms with E-state index in [2.05, 4.69) is 4.98 Å². The van der Waals surface area contributed by atoms with Gasteiger partial charge in [0.25, 0.3) is 15.9 Å². The van der Waals surface area contributed by atoms with E-state index in [0.29, 0.717) is 17.1 Å². The molecule has 0 aromatic carbocycles. The van der Waals surface area contributed by atoms with Crippen molar-refractivity contribution in [2.45, 2.75) is 42.2 Å². The molecule has 0 radical (unpaired) electrons. The van der Waals surface area contributed by atoms with E-state index in [9.17, 15) is 12.8 Å². The molecule has 1 saturated carbocycles. The fourth-order valence-electron chi connectivity index (χ4n) is 3.63. The van der Waals surface area contributed by atoms with Crippen LogP contribution in [0.15, 0.2) is 34.0 Å². The molecule has 6 nitrogen and oxygen atoms in total. The van der Waals surface area contributed by atoms with E-state index < -0.39 is 28.0 Å². The molecule has 1 aliphatic heterocycles. The van der Waals surface area contributed by atoms with E-state index in [-0.39, 0.29) is 25.1 Å². The smallest absolute Gasteiger partial charge is 0.253 e. The number of sulfonamides is 1. The summed E-state index contributed by atoms with van der Waals surface area (Å²) < 4.78 is 53.8. The number of aryl methyl sites for hydroxylation is 1. The third-order valence-electron chi connectivity index (χ3n) is 4.84. The molecule has 3 heterocycles. The zero-order valence-electron chi connectivity index (χ0n) is 14.2. The molecule has 0 N–H and O–H groups in total. The predicted molar refractivity (Wildman–Crippen MR) is 94.3 cm³/mol. The van der Waals surface area contributed by atoms with E-state index in [0.717, 1.165) is 5.56 Å². The van der Waals surface area contributed by atoms with E-state index in [1.165, 1.54) is 34.0 Å². The summed E-state index contributed by atoms with van der Waals surface area (Å²) in [5.41, 5.74) is 0.725. The van der Waals surface area contributed by atoms with Crippen molar-refractivity contribution in [1.82, 2.24) is 9.29 Å². The number of nitrogens with zero attached hydrogens (tertiary/aromatic N) is 2. The highest BCUT2D eigenvalue weighted by Gasteiger charge is 2.48. The monoisotopic (exact) mass is 398 g/mol. The van der Waals surface area contributed by atoms with Crippen molar-refractivity contribution in [3.8, 4) is 5.88 Å². The summed E-state index contributed by atoms with van der Waals surface area (Å²) in [5.74, 6) is -0.691. The van der Waals surface area contributed by atoms with Gasteiger partial charge < -0.3 is 9.47 Å². The van der Waals surface area contributed by atoms with Gasteiger partial charge in [0.2, 0.25) is 0 Å². The Kier molecular flexibility index (Phi) is 4.72. The minimum atomic E-state index is -3.66. The Balaban J connectivity index is 1.67. The van der Waals surface area contributed by atoms with Crippen LogP contribution in [0.2, 0.25) is 0 Å². The highest BCUT2D eigenvalue weighted by Crippen LogP contribution is 2.37. The minimum absolute atomic E-state index is 0.121. The van der Waals surface area contributed by atoms with Crippen LogP contribution in [0.3, 0.4) is 0 Å². The molecule has 2 bridgehead atoms. The maximum atomic E-state index is 14.0. The minimum Gasteiger partial charge on any atom is -0.468 e. The fraction of sp³-hybridized carbons (Fsp3) is 0.471.